The predicted octanol–water partition coefficient (Wildman–Crippen LogP) is -1.58. The molecule has 1 atom stereocenters. The van der Waals surface area contributed by atoms with Gasteiger partial charge in [0.25, 0.3) is 0 Å². The van der Waals surface area contributed by atoms with E-state index in [1.54, 1.807) is 0 Å². The van der Waals surface area contributed by atoms with Crippen LogP contribution < -0.4 is 27.4 Å². The van der Waals surface area contributed by atoms with Crippen LogP contribution in [0.2, 0.25) is 0 Å². The smallest absolute Gasteiger partial charge is 0.243 e. The molecule has 10 heteroatoms. The fourth-order valence-electron chi connectivity index (χ4n) is 2.10. The maximum Gasteiger partial charge on any atom is 0.243 e. The number of hydrogen-bond acceptors (Lipinski definition) is 5. The van der Waals surface area contributed by atoms with Gasteiger partial charge >= 0.3 is 0 Å². The zero-order valence-electron chi connectivity index (χ0n) is 15.1. The summed E-state index contributed by atoms with van der Waals surface area (Å²) < 4.78 is 0. The van der Waals surface area contributed by atoms with E-state index in [1.165, 1.54) is 0 Å². The molecular weight excluding hydrogens is 342 g/mol. The largest absolute Gasteiger partial charge is 0.370 e. The average Bonchev–Trinajstić information content (AvgIpc) is 2.56. The first-order valence-electron chi connectivity index (χ1n) is 8.66. The zero-order chi connectivity index (χ0) is 19.9. The van der Waals surface area contributed by atoms with Crippen molar-refractivity contribution in [3.8, 4) is 0 Å². The molecule has 7 N–H and O–H groups in total. The van der Waals surface area contributed by atoms with Gasteiger partial charge in [-0.3, -0.25) is 24.0 Å². The highest BCUT2D eigenvalue weighted by Crippen LogP contribution is 2.05. The highest BCUT2D eigenvalue weighted by molar-refractivity contribution is 5.94. The van der Waals surface area contributed by atoms with E-state index >= 15 is 0 Å². The fourth-order valence-corrected chi connectivity index (χ4v) is 2.10. The standard InChI is InChI=1S/C16H29N5O5/c1-2-3-4-5-6-7-14(24)21-11(8-12(17)22)16(26)20-10-15(25)19-9-13(18)23/h11H,2-10H2,1H3,(H2,17,22)(H2,18,23)(H,19,25)(H,20,26)(H,21,24)/t11-/m0/s1. The summed E-state index contributed by atoms with van der Waals surface area (Å²) in [6.45, 7) is 1.32. The molecule has 0 unspecified atom stereocenters. The summed E-state index contributed by atoms with van der Waals surface area (Å²) in [7, 11) is 0. The van der Waals surface area contributed by atoms with Crippen molar-refractivity contribution in [1.29, 1.82) is 0 Å². The van der Waals surface area contributed by atoms with Crippen molar-refractivity contribution in [2.24, 2.45) is 11.5 Å². The quantitative estimate of drug-likeness (QED) is 0.231. The van der Waals surface area contributed by atoms with Crippen LogP contribution in [0.1, 0.15) is 51.9 Å². The monoisotopic (exact) mass is 371 g/mol. The first kappa shape index (κ1) is 23.4. The third-order valence-electron chi connectivity index (χ3n) is 3.45. The lowest BCUT2D eigenvalue weighted by molar-refractivity contribution is -0.132. The molecule has 148 valence electrons. The number of hydrogen-bond donors (Lipinski definition) is 5. The van der Waals surface area contributed by atoms with Crippen LogP contribution in [0.15, 0.2) is 0 Å². The van der Waals surface area contributed by atoms with E-state index in [-0.39, 0.29) is 25.3 Å². The molecule has 0 aromatic carbocycles. The highest BCUT2D eigenvalue weighted by Gasteiger charge is 2.23. The van der Waals surface area contributed by atoms with Crippen LogP contribution in [-0.4, -0.2) is 48.7 Å². The van der Waals surface area contributed by atoms with Crippen LogP contribution in [0.5, 0.6) is 0 Å². The molecule has 0 aliphatic rings. The number of nitrogens with two attached hydrogens (primary N) is 2. The van der Waals surface area contributed by atoms with Gasteiger partial charge in [0.2, 0.25) is 29.5 Å². The van der Waals surface area contributed by atoms with Gasteiger partial charge in [-0.1, -0.05) is 32.6 Å². The number of nitrogens with one attached hydrogen (secondary N) is 3. The SMILES string of the molecule is CCCCCCCC(=O)N[C@@H](CC(N)=O)C(=O)NCC(=O)NCC(N)=O. The van der Waals surface area contributed by atoms with Crippen molar-refractivity contribution < 1.29 is 24.0 Å². The summed E-state index contributed by atoms with van der Waals surface area (Å²) in [5.41, 5.74) is 9.98. The number of primary amides is 2. The molecule has 0 aliphatic heterocycles. The van der Waals surface area contributed by atoms with E-state index < -0.39 is 36.2 Å². The van der Waals surface area contributed by atoms with Crippen LogP contribution >= 0.6 is 0 Å². The van der Waals surface area contributed by atoms with Gasteiger partial charge < -0.3 is 27.4 Å². The number of rotatable bonds is 14. The molecule has 0 aliphatic carbocycles. The summed E-state index contributed by atoms with van der Waals surface area (Å²) in [6, 6.07) is -1.15. The number of carbonyl (C=O) groups excluding carboxylic acids is 5. The van der Waals surface area contributed by atoms with Gasteiger partial charge in [0, 0.05) is 6.42 Å². The fraction of sp³-hybridized carbons (Fsp3) is 0.688. The first-order valence-corrected chi connectivity index (χ1v) is 8.66. The van der Waals surface area contributed by atoms with Crippen molar-refractivity contribution in [2.75, 3.05) is 13.1 Å². The molecule has 0 fully saturated rings. The molecule has 0 rings (SSSR count). The highest BCUT2D eigenvalue weighted by atomic mass is 16.2. The van der Waals surface area contributed by atoms with Gasteiger partial charge in [-0.25, -0.2) is 0 Å². The molecule has 0 aromatic rings. The Hall–Kier alpha value is -2.65. The third kappa shape index (κ3) is 12.7. The van der Waals surface area contributed by atoms with Gasteiger partial charge in [-0.2, -0.15) is 0 Å². The Morgan fingerprint density at radius 1 is 0.808 bits per heavy atom. The van der Waals surface area contributed by atoms with Crippen molar-refractivity contribution in [3.05, 3.63) is 0 Å². The van der Waals surface area contributed by atoms with Crippen molar-refractivity contribution in [2.45, 2.75) is 57.9 Å². The number of unbranched alkanes of at least 4 members (excludes halogenated alkanes) is 4. The normalized spacial score (nSPS) is 11.3. The van der Waals surface area contributed by atoms with Crippen molar-refractivity contribution in [1.82, 2.24) is 16.0 Å². The summed E-state index contributed by atoms with van der Waals surface area (Å²) in [5, 5.41) is 6.93. The maximum absolute atomic E-state index is 12.1. The predicted molar refractivity (Wildman–Crippen MR) is 94.3 cm³/mol. The maximum atomic E-state index is 12.1. The number of amides is 5. The van der Waals surface area contributed by atoms with Crippen LogP contribution in [0.4, 0.5) is 0 Å². The molecule has 10 nitrogen and oxygen atoms in total. The van der Waals surface area contributed by atoms with E-state index in [4.69, 9.17) is 11.5 Å². The molecule has 0 saturated heterocycles. The average molecular weight is 371 g/mol. The molecular formula is C16H29N5O5. The van der Waals surface area contributed by atoms with E-state index in [1.807, 2.05) is 0 Å². The van der Waals surface area contributed by atoms with E-state index in [0.29, 0.717) is 6.42 Å². The van der Waals surface area contributed by atoms with Gasteiger partial charge in [0.15, 0.2) is 0 Å². The Morgan fingerprint density at radius 3 is 2.04 bits per heavy atom. The molecule has 0 bridgehead atoms. The Morgan fingerprint density at radius 2 is 1.46 bits per heavy atom. The lowest BCUT2D eigenvalue weighted by atomic mass is 10.1. The third-order valence-corrected chi connectivity index (χ3v) is 3.45. The van der Waals surface area contributed by atoms with Gasteiger partial charge in [-0.15, -0.1) is 0 Å². The van der Waals surface area contributed by atoms with Gasteiger partial charge in [0.05, 0.1) is 19.5 Å². The summed E-state index contributed by atoms with van der Waals surface area (Å²) in [5.74, 6) is -3.18. The second-order valence-corrected chi connectivity index (χ2v) is 5.92. The second-order valence-electron chi connectivity index (χ2n) is 5.92. The molecule has 0 saturated carbocycles. The summed E-state index contributed by atoms with van der Waals surface area (Å²) >= 11 is 0. The molecule has 0 radical (unpaired) electrons. The van der Waals surface area contributed by atoms with E-state index in [0.717, 1.165) is 25.7 Å². The van der Waals surface area contributed by atoms with E-state index in [2.05, 4.69) is 22.9 Å². The van der Waals surface area contributed by atoms with Crippen molar-refractivity contribution in [3.63, 3.8) is 0 Å². The molecule has 0 aromatic heterocycles. The summed E-state index contributed by atoms with van der Waals surface area (Å²) in [4.78, 5) is 57.1. The van der Waals surface area contributed by atoms with Crippen LogP contribution in [0.25, 0.3) is 0 Å². The van der Waals surface area contributed by atoms with Crippen LogP contribution in [-0.2, 0) is 24.0 Å². The minimum Gasteiger partial charge on any atom is -0.370 e. The number of carbonyl (C=O) groups is 5. The Balaban J connectivity index is 4.37. The first-order chi connectivity index (χ1) is 12.3. The lowest BCUT2D eigenvalue weighted by Gasteiger charge is -2.17. The molecule has 26 heavy (non-hydrogen) atoms. The Labute approximate surface area is 152 Å². The van der Waals surface area contributed by atoms with Crippen LogP contribution in [0, 0.1) is 0 Å². The van der Waals surface area contributed by atoms with E-state index in [9.17, 15) is 24.0 Å². The van der Waals surface area contributed by atoms with Crippen LogP contribution in [0.3, 0.4) is 0 Å². The minimum absolute atomic E-state index is 0.241. The van der Waals surface area contributed by atoms with Crippen molar-refractivity contribution >= 4 is 29.5 Å². The Bertz CT molecular complexity index is 509. The molecule has 0 heterocycles. The van der Waals surface area contributed by atoms with Gasteiger partial charge in [0.1, 0.15) is 6.04 Å². The minimum atomic E-state index is -1.15. The molecule has 0 spiro atoms. The Kier molecular flexibility index (Phi) is 12.2. The second kappa shape index (κ2) is 13.6. The zero-order valence-corrected chi connectivity index (χ0v) is 15.1. The summed E-state index contributed by atoms with van der Waals surface area (Å²) in [6.07, 6.45) is 4.70. The lowest BCUT2D eigenvalue weighted by Crippen LogP contribution is -2.50. The van der Waals surface area contributed by atoms with Gasteiger partial charge in [-0.05, 0) is 6.42 Å². The molecule has 5 amide bonds. The topological polar surface area (TPSA) is 173 Å².